The van der Waals surface area contributed by atoms with E-state index in [4.69, 9.17) is 16.3 Å². The molecule has 0 aliphatic rings. The van der Waals surface area contributed by atoms with Gasteiger partial charge < -0.3 is 15.0 Å². The molecule has 0 heterocycles. The van der Waals surface area contributed by atoms with Crippen molar-refractivity contribution in [3.63, 3.8) is 0 Å². The largest absolute Gasteiger partial charge is 0.495 e. The molecule has 0 bridgehead atoms. The Morgan fingerprint density at radius 2 is 1.56 bits per heavy atom. The van der Waals surface area contributed by atoms with E-state index in [1.807, 2.05) is 75.4 Å². The van der Waals surface area contributed by atoms with Crippen LogP contribution in [0.15, 0.2) is 102 Å². The molecule has 0 aliphatic heterocycles. The van der Waals surface area contributed by atoms with E-state index in [1.165, 1.54) is 30.2 Å². The van der Waals surface area contributed by atoms with Gasteiger partial charge in [0.1, 0.15) is 18.3 Å². The first kappa shape index (κ1) is 33.6. The van der Waals surface area contributed by atoms with Crippen molar-refractivity contribution >= 4 is 39.1 Å². The molecule has 0 aliphatic carbocycles. The molecular formula is C35H38ClN3O5S. The lowest BCUT2D eigenvalue weighted by Crippen LogP contribution is -2.53. The molecule has 1 N–H and O–H groups in total. The highest BCUT2D eigenvalue weighted by Gasteiger charge is 2.34. The Bertz CT molecular complexity index is 1730. The minimum Gasteiger partial charge on any atom is -0.495 e. The molecule has 10 heteroatoms. The van der Waals surface area contributed by atoms with Crippen LogP contribution in [0.1, 0.15) is 29.2 Å². The van der Waals surface area contributed by atoms with Crippen LogP contribution in [0.5, 0.6) is 5.75 Å². The number of benzene rings is 4. The molecule has 0 fully saturated rings. The minimum atomic E-state index is -4.24. The highest BCUT2D eigenvalue weighted by atomic mass is 35.5. The van der Waals surface area contributed by atoms with Crippen molar-refractivity contribution in [2.45, 2.75) is 44.7 Å². The number of ether oxygens (including phenoxy) is 1. The quantitative estimate of drug-likeness (QED) is 0.194. The number of nitrogens with zero attached hydrogens (tertiary/aromatic N) is 2. The average molecular weight is 648 g/mol. The Morgan fingerprint density at radius 1 is 0.867 bits per heavy atom. The normalized spacial score (nSPS) is 11.8. The van der Waals surface area contributed by atoms with Crippen molar-refractivity contribution < 1.29 is 22.7 Å². The first-order chi connectivity index (χ1) is 21.5. The van der Waals surface area contributed by atoms with Gasteiger partial charge in [-0.05, 0) is 62.2 Å². The number of amides is 2. The summed E-state index contributed by atoms with van der Waals surface area (Å²) in [7, 11) is -2.78. The third kappa shape index (κ3) is 8.44. The van der Waals surface area contributed by atoms with Crippen molar-refractivity contribution in [2.75, 3.05) is 24.5 Å². The highest BCUT2D eigenvalue weighted by molar-refractivity contribution is 7.92. The Labute approximate surface area is 270 Å². The van der Waals surface area contributed by atoms with Crippen molar-refractivity contribution in [3.05, 3.63) is 124 Å². The van der Waals surface area contributed by atoms with E-state index in [-0.39, 0.29) is 34.5 Å². The molecule has 0 radical (unpaired) electrons. The summed E-state index contributed by atoms with van der Waals surface area (Å²) in [4.78, 5) is 29.6. The van der Waals surface area contributed by atoms with Crippen LogP contribution < -0.4 is 14.4 Å². The fourth-order valence-corrected chi connectivity index (χ4v) is 6.69. The highest BCUT2D eigenvalue weighted by Crippen LogP contribution is 2.32. The third-order valence-electron chi connectivity index (χ3n) is 7.37. The summed E-state index contributed by atoms with van der Waals surface area (Å²) in [6.45, 7) is 5.51. The number of aryl methyl sites for hydroxylation is 2. The number of hydrogen-bond acceptors (Lipinski definition) is 5. The molecule has 0 aromatic heterocycles. The van der Waals surface area contributed by atoms with E-state index >= 15 is 0 Å². The molecule has 8 nitrogen and oxygen atoms in total. The van der Waals surface area contributed by atoms with Gasteiger partial charge in [-0.25, -0.2) is 8.42 Å². The van der Waals surface area contributed by atoms with Crippen molar-refractivity contribution in [2.24, 2.45) is 0 Å². The molecule has 4 rings (SSSR count). The predicted molar refractivity (Wildman–Crippen MR) is 178 cm³/mol. The lowest BCUT2D eigenvalue weighted by atomic mass is 10.0. The molecule has 236 valence electrons. The first-order valence-corrected chi connectivity index (χ1v) is 16.4. The molecule has 0 saturated carbocycles. The van der Waals surface area contributed by atoms with E-state index in [0.29, 0.717) is 12.3 Å². The summed E-state index contributed by atoms with van der Waals surface area (Å²) >= 11 is 6.43. The third-order valence-corrected chi connectivity index (χ3v) is 9.45. The standard InChI is InChI=1S/C35H38ClN3O5S/c1-5-37-35(41)32(21-27-11-7-6-8-12-27)38(23-28-13-9-10-26(3)20-28)34(40)24-39(29-16-19-33(44-4)31(36)22-29)45(42,43)30-17-14-25(2)15-18-30/h6-20,22,32H,5,21,23-24H2,1-4H3,(H,37,41)/t32-/m0/s1. The van der Waals surface area contributed by atoms with Crippen LogP contribution in [0.4, 0.5) is 5.69 Å². The first-order valence-electron chi connectivity index (χ1n) is 14.6. The fraction of sp³-hybridized carbons (Fsp3) is 0.257. The number of carbonyl (C=O) groups is 2. The summed E-state index contributed by atoms with van der Waals surface area (Å²) < 4.78 is 34.6. The minimum absolute atomic E-state index is 0.0163. The number of hydrogen-bond donors (Lipinski definition) is 1. The number of sulfonamides is 1. The van der Waals surface area contributed by atoms with Crippen molar-refractivity contribution in [1.29, 1.82) is 0 Å². The average Bonchev–Trinajstić information content (AvgIpc) is 3.02. The van der Waals surface area contributed by atoms with Crippen LogP contribution >= 0.6 is 11.6 Å². The van der Waals surface area contributed by atoms with E-state index in [9.17, 15) is 18.0 Å². The molecule has 0 saturated heterocycles. The number of nitrogens with one attached hydrogen (secondary N) is 1. The second-order valence-corrected chi connectivity index (χ2v) is 13.0. The van der Waals surface area contributed by atoms with Gasteiger partial charge in [-0.1, -0.05) is 89.5 Å². The van der Waals surface area contributed by atoms with Gasteiger partial charge in [0, 0.05) is 19.5 Å². The van der Waals surface area contributed by atoms with Crippen LogP contribution in [0.25, 0.3) is 0 Å². The van der Waals surface area contributed by atoms with Crippen LogP contribution in [0, 0.1) is 13.8 Å². The lowest BCUT2D eigenvalue weighted by Gasteiger charge is -2.34. The zero-order valence-electron chi connectivity index (χ0n) is 25.9. The summed E-state index contributed by atoms with van der Waals surface area (Å²) in [5, 5.41) is 3.06. The van der Waals surface area contributed by atoms with Gasteiger partial charge in [0.25, 0.3) is 10.0 Å². The number of halogens is 1. The zero-order chi connectivity index (χ0) is 32.6. The fourth-order valence-electron chi connectivity index (χ4n) is 5.03. The number of anilines is 1. The topological polar surface area (TPSA) is 96.0 Å². The van der Waals surface area contributed by atoms with Gasteiger partial charge in [0.05, 0.1) is 22.7 Å². The number of rotatable bonds is 13. The molecule has 1 atom stereocenters. The van der Waals surface area contributed by atoms with E-state index < -0.39 is 28.5 Å². The summed E-state index contributed by atoms with van der Waals surface area (Å²) in [6, 6.07) is 27.1. The Kier molecular flexibility index (Phi) is 11.3. The summed E-state index contributed by atoms with van der Waals surface area (Å²) in [6.07, 6.45) is 0.239. The maximum absolute atomic E-state index is 14.5. The number of methoxy groups -OCH3 is 1. The van der Waals surface area contributed by atoms with Gasteiger partial charge in [-0.15, -0.1) is 0 Å². The lowest BCUT2D eigenvalue weighted by molar-refractivity contribution is -0.140. The molecule has 2 amide bonds. The molecule has 0 unspecified atom stereocenters. The van der Waals surface area contributed by atoms with Gasteiger partial charge >= 0.3 is 0 Å². The van der Waals surface area contributed by atoms with Crippen molar-refractivity contribution in [1.82, 2.24) is 10.2 Å². The Hall–Kier alpha value is -4.34. The van der Waals surface area contributed by atoms with Gasteiger partial charge in [0.2, 0.25) is 11.8 Å². The van der Waals surface area contributed by atoms with Crippen LogP contribution in [0.3, 0.4) is 0 Å². The maximum Gasteiger partial charge on any atom is 0.264 e. The van der Waals surface area contributed by atoms with Crippen LogP contribution in [-0.2, 0) is 32.6 Å². The predicted octanol–water partition coefficient (Wildman–Crippen LogP) is 5.94. The molecular weight excluding hydrogens is 610 g/mol. The molecule has 4 aromatic rings. The number of carbonyl (C=O) groups excluding carboxylic acids is 2. The Morgan fingerprint density at radius 3 is 2.18 bits per heavy atom. The van der Waals surface area contributed by atoms with Gasteiger partial charge in [-0.3, -0.25) is 13.9 Å². The zero-order valence-corrected chi connectivity index (χ0v) is 27.4. The van der Waals surface area contributed by atoms with E-state index in [0.717, 1.165) is 26.6 Å². The van der Waals surface area contributed by atoms with Gasteiger partial charge in [0.15, 0.2) is 0 Å². The monoisotopic (exact) mass is 647 g/mol. The maximum atomic E-state index is 14.5. The summed E-state index contributed by atoms with van der Waals surface area (Å²) in [5.74, 6) is -0.520. The Balaban J connectivity index is 1.82. The van der Waals surface area contributed by atoms with Crippen LogP contribution in [0.2, 0.25) is 5.02 Å². The van der Waals surface area contributed by atoms with E-state index in [2.05, 4.69) is 5.32 Å². The van der Waals surface area contributed by atoms with Crippen LogP contribution in [-0.4, -0.2) is 51.4 Å². The molecule has 4 aromatic carbocycles. The summed E-state index contributed by atoms with van der Waals surface area (Å²) in [5.41, 5.74) is 3.74. The van der Waals surface area contributed by atoms with E-state index in [1.54, 1.807) is 24.3 Å². The smallest absolute Gasteiger partial charge is 0.264 e. The molecule has 0 spiro atoms. The second-order valence-electron chi connectivity index (χ2n) is 10.8. The SMILES string of the molecule is CCNC(=O)[C@H](Cc1ccccc1)N(Cc1cccc(C)c1)C(=O)CN(c1ccc(OC)c(Cl)c1)S(=O)(=O)c1ccc(C)cc1. The molecule has 45 heavy (non-hydrogen) atoms. The van der Waals surface area contributed by atoms with Gasteiger partial charge in [-0.2, -0.15) is 0 Å². The van der Waals surface area contributed by atoms with Crippen molar-refractivity contribution in [3.8, 4) is 5.75 Å². The number of likely N-dealkylation sites (N-methyl/N-ethyl adjacent to an activating group) is 1. The second kappa shape index (κ2) is 15.1.